The summed E-state index contributed by atoms with van der Waals surface area (Å²) in [4.78, 5) is 12.7. The van der Waals surface area contributed by atoms with E-state index in [2.05, 4.69) is 14.9 Å². The number of hydrogen-bond donors (Lipinski definition) is 1. The zero-order chi connectivity index (χ0) is 21.8. The van der Waals surface area contributed by atoms with Gasteiger partial charge >= 0.3 is 5.97 Å². The van der Waals surface area contributed by atoms with Crippen molar-refractivity contribution in [3.63, 3.8) is 0 Å². The molecule has 1 aliphatic rings. The van der Waals surface area contributed by atoms with E-state index in [1.54, 1.807) is 66.7 Å². The first-order valence-electron chi connectivity index (χ1n) is 9.17. The Balaban J connectivity index is 1.54. The van der Waals surface area contributed by atoms with E-state index in [1.807, 2.05) is 0 Å². The number of nitrogens with one attached hydrogen (secondary N) is 1. The van der Waals surface area contributed by atoms with Crippen molar-refractivity contribution in [1.29, 1.82) is 0 Å². The molecule has 0 aliphatic carbocycles. The molecule has 8 nitrogen and oxygen atoms in total. The maximum atomic E-state index is 12.6. The molecule has 3 aromatic rings. The number of rotatable bonds is 5. The highest BCUT2D eigenvalue weighted by atomic mass is 32.2. The fourth-order valence-electron chi connectivity index (χ4n) is 3.00. The molecule has 3 aromatic carbocycles. The number of carbonyl (C=O) groups excluding carboxylic acids is 1. The first-order valence-corrected chi connectivity index (χ1v) is 10.6. The molecule has 1 aliphatic heterocycles. The zero-order valence-corrected chi connectivity index (χ0v) is 17.2. The van der Waals surface area contributed by atoms with E-state index >= 15 is 0 Å². The quantitative estimate of drug-likeness (QED) is 0.286. The Morgan fingerprint density at radius 2 is 1.65 bits per heavy atom. The van der Waals surface area contributed by atoms with Gasteiger partial charge < -0.3 is 9.47 Å². The maximum absolute atomic E-state index is 12.6. The molecular formula is C22H17N3O5S. The lowest BCUT2D eigenvalue weighted by molar-refractivity contribution is 0.0731. The molecule has 0 fully saturated rings. The van der Waals surface area contributed by atoms with Crippen molar-refractivity contribution in [2.24, 2.45) is 9.50 Å². The highest BCUT2D eigenvalue weighted by Crippen LogP contribution is 2.25. The summed E-state index contributed by atoms with van der Waals surface area (Å²) >= 11 is 0. The summed E-state index contributed by atoms with van der Waals surface area (Å²) < 4.78 is 38.7. The van der Waals surface area contributed by atoms with Crippen LogP contribution in [0.15, 0.2) is 87.2 Å². The predicted molar refractivity (Wildman–Crippen MR) is 115 cm³/mol. The summed E-state index contributed by atoms with van der Waals surface area (Å²) in [5, 5.41) is 4.08. The lowest BCUT2D eigenvalue weighted by Gasteiger charge is -2.10. The number of nitrogens with zero attached hydrogens (tertiary/aromatic N) is 2. The molecule has 0 unspecified atom stereocenters. The lowest BCUT2D eigenvalue weighted by Crippen LogP contribution is -2.17. The van der Waals surface area contributed by atoms with E-state index < -0.39 is 16.0 Å². The molecule has 0 saturated heterocycles. The van der Waals surface area contributed by atoms with Crippen LogP contribution in [0.25, 0.3) is 0 Å². The van der Waals surface area contributed by atoms with Gasteiger partial charge in [0.25, 0.3) is 10.0 Å². The molecule has 0 aromatic heterocycles. The number of hydrazone groups is 1. The van der Waals surface area contributed by atoms with E-state index in [1.165, 1.54) is 19.4 Å². The predicted octanol–water partition coefficient (Wildman–Crippen LogP) is 2.99. The van der Waals surface area contributed by atoms with Gasteiger partial charge in [-0.05, 0) is 36.4 Å². The second-order valence-electron chi connectivity index (χ2n) is 6.41. The summed E-state index contributed by atoms with van der Waals surface area (Å²) in [6, 6.07) is 20.0. The van der Waals surface area contributed by atoms with Crippen LogP contribution in [-0.2, 0) is 10.0 Å². The standard InChI is InChI=1S/C22H17N3O5S/c1-29-19-12-6-3-9-16(19)22(26)30-18-11-5-2-8-15(18)14-23-24-21-17-10-4-7-13-20(17)31(27,28)25-21/h2-14H,1H3,(H,24,25). The minimum Gasteiger partial charge on any atom is -0.496 e. The van der Waals surface area contributed by atoms with E-state index in [0.29, 0.717) is 16.9 Å². The number of carbonyl (C=O) groups is 1. The van der Waals surface area contributed by atoms with Crippen LogP contribution in [-0.4, -0.2) is 33.5 Å². The highest BCUT2D eigenvalue weighted by Gasteiger charge is 2.28. The third-order valence-electron chi connectivity index (χ3n) is 4.45. The molecule has 4 rings (SSSR count). The van der Waals surface area contributed by atoms with Gasteiger partial charge in [0.1, 0.15) is 22.0 Å². The van der Waals surface area contributed by atoms with Gasteiger partial charge in [0.2, 0.25) is 0 Å². The van der Waals surface area contributed by atoms with E-state index in [9.17, 15) is 13.2 Å². The van der Waals surface area contributed by atoms with Crippen LogP contribution in [0.2, 0.25) is 0 Å². The summed E-state index contributed by atoms with van der Waals surface area (Å²) in [7, 11) is -2.27. The van der Waals surface area contributed by atoms with Crippen LogP contribution < -0.4 is 14.9 Å². The normalized spacial score (nSPS) is 14.0. The molecule has 1 N–H and O–H groups in total. The van der Waals surface area contributed by atoms with Crippen LogP contribution in [0.5, 0.6) is 11.5 Å². The zero-order valence-electron chi connectivity index (χ0n) is 16.3. The van der Waals surface area contributed by atoms with Crippen LogP contribution in [0.1, 0.15) is 21.5 Å². The number of sulfonamides is 1. The summed E-state index contributed by atoms with van der Waals surface area (Å²) in [6.45, 7) is 0. The molecule has 9 heteroatoms. The number of ether oxygens (including phenoxy) is 2. The van der Waals surface area contributed by atoms with Crippen molar-refractivity contribution < 1.29 is 22.7 Å². The Kier molecular flexibility index (Phi) is 5.50. The molecule has 0 bridgehead atoms. The SMILES string of the molecule is COc1ccccc1C(=O)Oc1ccccc1C=NNC1=NS(=O)(=O)c2ccccc21. The van der Waals surface area contributed by atoms with Gasteiger partial charge in [-0.3, -0.25) is 5.43 Å². The Morgan fingerprint density at radius 3 is 2.45 bits per heavy atom. The highest BCUT2D eigenvalue weighted by molar-refractivity contribution is 7.90. The van der Waals surface area contributed by atoms with Crippen molar-refractivity contribution in [1.82, 2.24) is 5.43 Å². The second-order valence-corrected chi connectivity index (χ2v) is 7.98. The smallest absolute Gasteiger partial charge is 0.347 e. The van der Waals surface area contributed by atoms with Crippen LogP contribution >= 0.6 is 0 Å². The summed E-state index contributed by atoms with van der Waals surface area (Å²) in [5.41, 5.74) is 3.89. The molecule has 0 atom stereocenters. The van der Waals surface area contributed by atoms with Gasteiger partial charge in [0.15, 0.2) is 5.84 Å². The summed E-state index contributed by atoms with van der Waals surface area (Å²) in [5.74, 6) is 0.228. The van der Waals surface area contributed by atoms with Crippen LogP contribution in [0.4, 0.5) is 0 Å². The third-order valence-corrected chi connectivity index (χ3v) is 5.79. The molecular weight excluding hydrogens is 418 g/mol. The molecule has 0 amide bonds. The molecule has 156 valence electrons. The van der Waals surface area contributed by atoms with Crippen LogP contribution in [0, 0.1) is 0 Å². The van der Waals surface area contributed by atoms with Crippen molar-refractivity contribution in [3.05, 3.63) is 89.5 Å². The molecule has 0 saturated carbocycles. The first-order chi connectivity index (χ1) is 15.0. The average molecular weight is 435 g/mol. The van der Waals surface area contributed by atoms with Crippen molar-refractivity contribution in [3.8, 4) is 11.5 Å². The van der Waals surface area contributed by atoms with E-state index in [4.69, 9.17) is 9.47 Å². The van der Waals surface area contributed by atoms with Crippen molar-refractivity contribution >= 4 is 28.0 Å². The average Bonchev–Trinajstić information content (AvgIpc) is 3.05. The topological polar surface area (TPSA) is 106 Å². The molecule has 0 radical (unpaired) electrons. The molecule has 0 spiro atoms. The minimum absolute atomic E-state index is 0.121. The largest absolute Gasteiger partial charge is 0.496 e. The fourth-order valence-corrected chi connectivity index (χ4v) is 4.17. The number of para-hydroxylation sites is 2. The first kappa shape index (κ1) is 20.3. The van der Waals surface area contributed by atoms with Gasteiger partial charge in [-0.25, -0.2) is 4.79 Å². The molecule has 31 heavy (non-hydrogen) atoms. The maximum Gasteiger partial charge on any atom is 0.347 e. The van der Waals surface area contributed by atoms with Gasteiger partial charge in [0.05, 0.1) is 13.3 Å². The van der Waals surface area contributed by atoms with Gasteiger partial charge in [0, 0.05) is 11.1 Å². The van der Waals surface area contributed by atoms with Crippen molar-refractivity contribution in [2.75, 3.05) is 7.11 Å². The van der Waals surface area contributed by atoms with Crippen LogP contribution in [0.3, 0.4) is 0 Å². The number of fused-ring (bicyclic) bond motifs is 1. The van der Waals surface area contributed by atoms with Gasteiger partial charge in [-0.15, -0.1) is 4.40 Å². The third kappa shape index (κ3) is 4.17. The number of amidine groups is 1. The van der Waals surface area contributed by atoms with Gasteiger partial charge in [-0.1, -0.05) is 36.4 Å². The Hall–Kier alpha value is -3.98. The Morgan fingerprint density at radius 1 is 0.968 bits per heavy atom. The number of hydrogen-bond acceptors (Lipinski definition) is 7. The Bertz CT molecular complexity index is 1320. The second kappa shape index (κ2) is 8.41. The van der Waals surface area contributed by atoms with Crippen molar-refractivity contribution in [2.45, 2.75) is 4.90 Å². The summed E-state index contributed by atoms with van der Waals surface area (Å²) in [6.07, 6.45) is 1.42. The number of benzene rings is 3. The van der Waals surface area contributed by atoms with E-state index in [0.717, 1.165) is 0 Å². The number of esters is 1. The Labute approximate surface area is 178 Å². The monoisotopic (exact) mass is 435 g/mol. The lowest BCUT2D eigenvalue weighted by atomic mass is 10.2. The van der Waals surface area contributed by atoms with Gasteiger partial charge in [-0.2, -0.15) is 13.5 Å². The number of methoxy groups -OCH3 is 1. The molecule has 1 heterocycles. The van der Waals surface area contributed by atoms with E-state index in [-0.39, 0.29) is 22.0 Å². The fraction of sp³-hybridized carbons (Fsp3) is 0.0455. The minimum atomic E-state index is -3.74.